The number of rotatable bonds is 14. The molecule has 0 N–H and O–H groups in total. The van der Waals surface area contributed by atoms with E-state index in [1.165, 1.54) is 21.9 Å². The fourth-order valence-corrected chi connectivity index (χ4v) is 9.25. The van der Waals surface area contributed by atoms with Crippen molar-refractivity contribution in [3.8, 4) is 0 Å². The van der Waals surface area contributed by atoms with Crippen LogP contribution >= 0.6 is 0 Å². The molecule has 2 heterocycles. The number of hydrogen-bond acceptors (Lipinski definition) is 7. The van der Waals surface area contributed by atoms with E-state index < -0.39 is 20.2 Å². The third-order valence-electron chi connectivity index (χ3n) is 10.5. The molecule has 0 saturated heterocycles. The second-order valence-electron chi connectivity index (χ2n) is 14.9. The van der Waals surface area contributed by atoms with Crippen LogP contribution in [0.5, 0.6) is 0 Å². The number of anilines is 1. The molecular weight excluding hydrogens is 744 g/mol. The van der Waals surface area contributed by atoms with Crippen molar-refractivity contribution in [2.45, 2.75) is 64.2 Å². The molecule has 278 valence electrons. The predicted molar refractivity (Wildman–Crippen MR) is 214 cm³/mol. The zero-order valence-electron chi connectivity index (χ0n) is 31.8. The number of nitrogens with zero attached hydrogens (tertiary/aromatic N) is 2. The van der Waals surface area contributed by atoms with Gasteiger partial charge in [-0.1, -0.05) is 98.8 Å². The van der Waals surface area contributed by atoms with Gasteiger partial charge in [0, 0.05) is 59.0 Å². The van der Waals surface area contributed by atoms with Crippen LogP contribution in [-0.2, 0) is 31.1 Å². The standard InChI is InChI=1S/C43H48N2O6S2.K/c1-42(2)38(44(28-14-16-30-52(46,47)48)36-26-24-32-18-10-12-20-34(32)40(36)42)22-8-6-5-7-9-23-39-43(3,4)41-35-21-13-11-19-33(35)25-27-37(41)45(39)29-15-17-31-53(49,50)51;/h5-13,18-27H,14-17,28-31H2,1-4H3,(H-,46,47,48,49,50,51);/q;+1/p-1. The van der Waals surface area contributed by atoms with Crippen molar-refractivity contribution in [1.82, 2.24) is 0 Å². The number of hydrogen-bond donors (Lipinski definition) is 0. The van der Waals surface area contributed by atoms with Crippen LogP contribution in [0.4, 0.5) is 11.4 Å². The Bertz CT molecular complexity index is 2430. The molecular formula is C43H47KN2O6S2. The summed E-state index contributed by atoms with van der Waals surface area (Å²) in [5.41, 5.74) is 6.22. The van der Waals surface area contributed by atoms with Crippen LogP contribution in [-0.4, -0.2) is 60.8 Å². The third kappa shape index (κ3) is 9.28. The molecule has 0 saturated carbocycles. The molecule has 0 spiro atoms. The van der Waals surface area contributed by atoms with Crippen molar-refractivity contribution in [2.24, 2.45) is 0 Å². The van der Waals surface area contributed by atoms with Gasteiger partial charge in [0.25, 0.3) is 0 Å². The van der Waals surface area contributed by atoms with Crippen LogP contribution in [0.1, 0.15) is 64.5 Å². The normalized spacial score (nSPS) is 17.4. The molecule has 6 rings (SSSR count). The van der Waals surface area contributed by atoms with E-state index in [9.17, 15) is 25.9 Å². The first-order chi connectivity index (χ1) is 25.1. The first-order valence-electron chi connectivity index (χ1n) is 18.2. The average Bonchev–Trinajstić information content (AvgIpc) is 3.45. The first kappa shape index (κ1) is 42.4. The van der Waals surface area contributed by atoms with Crippen LogP contribution in [0.2, 0.25) is 0 Å². The number of unbranched alkanes of at least 4 members (excludes halogenated alkanes) is 2. The molecule has 0 aliphatic carbocycles. The van der Waals surface area contributed by atoms with E-state index in [1.54, 1.807) is 0 Å². The van der Waals surface area contributed by atoms with Crippen molar-refractivity contribution < 1.29 is 81.9 Å². The van der Waals surface area contributed by atoms with E-state index in [1.807, 2.05) is 42.5 Å². The van der Waals surface area contributed by atoms with Crippen molar-refractivity contribution in [1.29, 1.82) is 0 Å². The van der Waals surface area contributed by atoms with Gasteiger partial charge in [0.15, 0.2) is 5.71 Å². The summed E-state index contributed by atoms with van der Waals surface area (Å²) in [6, 6.07) is 25.2. The summed E-state index contributed by atoms with van der Waals surface area (Å²) in [4.78, 5) is 2.26. The van der Waals surface area contributed by atoms with E-state index in [0.717, 1.165) is 33.6 Å². The van der Waals surface area contributed by atoms with Gasteiger partial charge in [0.05, 0.1) is 25.7 Å². The van der Waals surface area contributed by atoms with Crippen molar-refractivity contribution in [2.75, 3.05) is 29.5 Å². The molecule has 2 aliphatic heterocycles. The maximum atomic E-state index is 11.3. The monoisotopic (exact) mass is 790 g/mol. The van der Waals surface area contributed by atoms with Crippen molar-refractivity contribution in [3.05, 3.63) is 132 Å². The van der Waals surface area contributed by atoms with Crippen molar-refractivity contribution in [3.63, 3.8) is 0 Å². The fraction of sp³-hybridized carbons (Fsp3) is 0.326. The fourth-order valence-electron chi connectivity index (χ4n) is 8.14. The number of benzene rings is 4. The van der Waals surface area contributed by atoms with Gasteiger partial charge >= 0.3 is 51.4 Å². The van der Waals surface area contributed by atoms with Crippen LogP contribution < -0.4 is 56.3 Å². The van der Waals surface area contributed by atoms with Crippen LogP contribution in [0, 0.1) is 0 Å². The van der Waals surface area contributed by atoms with Gasteiger partial charge in [-0.2, -0.15) is 4.58 Å². The van der Waals surface area contributed by atoms with E-state index >= 15 is 0 Å². The van der Waals surface area contributed by atoms with Gasteiger partial charge in [0.1, 0.15) is 6.54 Å². The molecule has 0 fully saturated rings. The SMILES string of the molecule is CC1(C)C(/C=C/C=C/C=C/C=C2\N(CCCCS(=O)(=O)[O-])c3ccc4ccccc4c3C2(C)C)=[N+](CCCCS(=O)(=O)[O-])c2ccc3ccccc3c21.[K+]. The van der Waals surface area contributed by atoms with Gasteiger partial charge in [-0.3, -0.25) is 0 Å². The summed E-state index contributed by atoms with van der Waals surface area (Å²) in [6.07, 6.45) is 16.0. The van der Waals surface area contributed by atoms with Gasteiger partial charge < -0.3 is 14.0 Å². The number of fused-ring (bicyclic) bond motifs is 6. The Morgan fingerprint density at radius 3 is 1.85 bits per heavy atom. The van der Waals surface area contributed by atoms with E-state index in [-0.39, 0.29) is 73.7 Å². The molecule has 8 nitrogen and oxygen atoms in total. The molecule has 0 atom stereocenters. The van der Waals surface area contributed by atoms with Gasteiger partial charge in [-0.25, -0.2) is 16.8 Å². The molecule has 0 amide bonds. The zero-order valence-corrected chi connectivity index (χ0v) is 36.5. The van der Waals surface area contributed by atoms with Gasteiger partial charge in [-0.05, 0) is 78.4 Å². The molecule has 4 aromatic rings. The molecule has 0 radical (unpaired) electrons. The summed E-state index contributed by atoms with van der Waals surface area (Å²) in [5.74, 6) is -0.733. The Morgan fingerprint density at radius 2 is 1.20 bits per heavy atom. The Labute approximate surface area is 363 Å². The number of allylic oxidation sites excluding steroid dienone is 8. The van der Waals surface area contributed by atoms with Crippen LogP contribution in [0.3, 0.4) is 0 Å². The van der Waals surface area contributed by atoms with Crippen LogP contribution in [0.15, 0.2) is 121 Å². The minimum atomic E-state index is -4.26. The van der Waals surface area contributed by atoms with E-state index in [4.69, 9.17) is 0 Å². The smallest absolute Gasteiger partial charge is 0.748 e. The van der Waals surface area contributed by atoms with Gasteiger partial charge in [0.2, 0.25) is 5.69 Å². The summed E-state index contributed by atoms with van der Waals surface area (Å²) in [6.45, 7) is 10.0. The second kappa shape index (κ2) is 17.2. The van der Waals surface area contributed by atoms with Crippen molar-refractivity contribution >= 4 is 58.9 Å². The zero-order chi connectivity index (χ0) is 38.0. The summed E-state index contributed by atoms with van der Waals surface area (Å²) in [5, 5.41) is 4.70. The summed E-state index contributed by atoms with van der Waals surface area (Å²) in [7, 11) is -8.52. The van der Waals surface area contributed by atoms with E-state index in [2.05, 4.69) is 110 Å². The van der Waals surface area contributed by atoms with Crippen LogP contribution in [0.25, 0.3) is 21.5 Å². The Hall–Kier alpha value is -2.71. The molecule has 0 aromatic heterocycles. The van der Waals surface area contributed by atoms with E-state index in [0.29, 0.717) is 38.8 Å². The molecule has 0 bridgehead atoms. The molecule has 0 unspecified atom stereocenters. The molecule has 4 aromatic carbocycles. The summed E-state index contributed by atoms with van der Waals surface area (Å²) >= 11 is 0. The minimum absolute atomic E-state index is 0. The Balaban J connectivity index is 0.00000561. The average molecular weight is 791 g/mol. The van der Waals surface area contributed by atoms with Gasteiger partial charge in [-0.15, -0.1) is 0 Å². The maximum Gasteiger partial charge on any atom is 1.00 e. The minimum Gasteiger partial charge on any atom is -0.748 e. The second-order valence-corrected chi connectivity index (χ2v) is 18.0. The summed E-state index contributed by atoms with van der Waals surface area (Å²) < 4.78 is 69.8. The molecule has 2 aliphatic rings. The first-order valence-corrected chi connectivity index (χ1v) is 21.3. The quantitative estimate of drug-likeness (QED) is 0.0554. The Morgan fingerprint density at radius 1 is 0.648 bits per heavy atom. The largest absolute Gasteiger partial charge is 1.00 e. The molecule has 54 heavy (non-hydrogen) atoms. The predicted octanol–water partition coefficient (Wildman–Crippen LogP) is 5.37. The topological polar surface area (TPSA) is 121 Å². The maximum absolute atomic E-state index is 11.3. The Kier molecular flexibility index (Phi) is 13.5. The third-order valence-corrected chi connectivity index (χ3v) is 12.1. The molecule has 11 heteroatoms.